The Labute approximate surface area is 183 Å². The second kappa shape index (κ2) is 7.77. The number of Topliss-reactive ketones (excluding diaryl/α,β-unsaturated/α-hetero) is 1. The lowest BCUT2D eigenvalue weighted by molar-refractivity contribution is -0.117. The first kappa shape index (κ1) is 19.7. The summed E-state index contributed by atoms with van der Waals surface area (Å²) in [7, 11) is 0. The van der Waals surface area contributed by atoms with Gasteiger partial charge in [-0.2, -0.15) is 0 Å². The van der Waals surface area contributed by atoms with Crippen LogP contribution in [-0.4, -0.2) is 23.4 Å². The zero-order valence-electron chi connectivity index (χ0n) is 17.1. The molecule has 1 aliphatic rings. The molecular formula is C25H19NO6. The van der Waals surface area contributed by atoms with Crippen LogP contribution in [0, 0.1) is 0 Å². The van der Waals surface area contributed by atoms with Gasteiger partial charge in [-0.05, 0) is 43.3 Å². The zero-order valence-corrected chi connectivity index (χ0v) is 17.1. The normalized spacial score (nSPS) is 16.2. The number of aliphatic hydroxyl groups is 1. The molecule has 1 aliphatic heterocycles. The number of hydrogen-bond donors (Lipinski definition) is 1. The second-order valence-corrected chi connectivity index (χ2v) is 7.26. The van der Waals surface area contributed by atoms with Crippen LogP contribution in [-0.2, 0) is 4.79 Å². The molecule has 0 saturated carbocycles. The molecule has 1 atom stereocenters. The van der Waals surface area contributed by atoms with Crippen molar-refractivity contribution >= 4 is 28.3 Å². The van der Waals surface area contributed by atoms with Gasteiger partial charge in [-0.3, -0.25) is 14.5 Å². The van der Waals surface area contributed by atoms with Crippen molar-refractivity contribution in [1.29, 1.82) is 0 Å². The van der Waals surface area contributed by atoms with Crippen LogP contribution in [0.25, 0.3) is 11.0 Å². The van der Waals surface area contributed by atoms with Gasteiger partial charge in [0, 0.05) is 17.1 Å². The monoisotopic (exact) mass is 429 g/mol. The number of carbonyl (C=O) groups excluding carboxylic acids is 2. The molecule has 7 nitrogen and oxygen atoms in total. The van der Waals surface area contributed by atoms with E-state index in [9.17, 15) is 14.7 Å². The fraction of sp³-hybridized carbons (Fsp3) is 0.120. The Hall–Kier alpha value is -4.26. The highest BCUT2D eigenvalue weighted by atomic mass is 16.5. The molecule has 0 bridgehead atoms. The molecule has 0 saturated heterocycles. The van der Waals surface area contributed by atoms with Crippen LogP contribution in [0.5, 0.6) is 5.75 Å². The topological polar surface area (TPSA) is 93.1 Å². The van der Waals surface area contributed by atoms with Crippen LogP contribution in [0.2, 0.25) is 0 Å². The molecule has 2 aromatic heterocycles. The van der Waals surface area contributed by atoms with E-state index in [1.165, 1.54) is 11.2 Å². The number of ketones is 1. The molecule has 2 aromatic carbocycles. The average molecular weight is 429 g/mol. The number of nitrogens with zero attached hydrogens (tertiary/aromatic N) is 1. The standard InChI is InChI=1S/C25H19NO6/c1-2-30-17-9-5-8-16(14-17)26-22(19-11-6-12-31-19)21(24(28)25(26)29)23(27)20-13-15-7-3-4-10-18(15)32-20/h3-14,22,28H,2H2,1H3. The lowest BCUT2D eigenvalue weighted by Gasteiger charge is -2.25. The van der Waals surface area contributed by atoms with Crippen LogP contribution >= 0.6 is 0 Å². The number of rotatable bonds is 6. The van der Waals surface area contributed by atoms with E-state index in [-0.39, 0.29) is 11.3 Å². The Morgan fingerprint density at radius 2 is 1.94 bits per heavy atom. The summed E-state index contributed by atoms with van der Waals surface area (Å²) in [5, 5.41) is 11.5. The smallest absolute Gasteiger partial charge is 0.294 e. The van der Waals surface area contributed by atoms with Gasteiger partial charge in [-0.1, -0.05) is 24.3 Å². The molecule has 5 rings (SSSR count). The van der Waals surface area contributed by atoms with Crippen LogP contribution in [0.3, 0.4) is 0 Å². The number of anilines is 1. The van der Waals surface area contributed by atoms with Crippen LogP contribution in [0.4, 0.5) is 5.69 Å². The first-order chi connectivity index (χ1) is 15.6. The molecule has 0 aliphatic carbocycles. The van der Waals surface area contributed by atoms with Crippen molar-refractivity contribution in [1.82, 2.24) is 0 Å². The van der Waals surface area contributed by atoms with Crippen LogP contribution in [0.15, 0.2) is 93.2 Å². The van der Waals surface area contributed by atoms with Gasteiger partial charge >= 0.3 is 0 Å². The van der Waals surface area contributed by atoms with Crippen molar-refractivity contribution in [3.8, 4) is 5.75 Å². The van der Waals surface area contributed by atoms with Crippen molar-refractivity contribution in [2.45, 2.75) is 13.0 Å². The van der Waals surface area contributed by atoms with E-state index >= 15 is 0 Å². The molecule has 1 N–H and O–H groups in total. The number of amides is 1. The van der Waals surface area contributed by atoms with Gasteiger partial charge in [0.05, 0.1) is 18.4 Å². The minimum atomic E-state index is -0.963. The number of fused-ring (bicyclic) bond motifs is 1. The maximum atomic E-state index is 13.5. The Morgan fingerprint density at radius 1 is 1.09 bits per heavy atom. The molecule has 0 spiro atoms. The average Bonchev–Trinajstić information content (AvgIpc) is 3.53. The Kier molecular flexibility index (Phi) is 4.78. The summed E-state index contributed by atoms with van der Waals surface area (Å²) in [5.74, 6) is -1.01. The number of ether oxygens (including phenoxy) is 1. The highest BCUT2D eigenvalue weighted by molar-refractivity contribution is 6.20. The van der Waals surface area contributed by atoms with E-state index < -0.39 is 23.5 Å². The van der Waals surface area contributed by atoms with Gasteiger partial charge in [-0.15, -0.1) is 0 Å². The van der Waals surface area contributed by atoms with E-state index in [0.29, 0.717) is 29.4 Å². The molecule has 1 amide bonds. The molecule has 0 radical (unpaired) electrons. The second-order valence-electron chi connectivity index (χ2n) is 7.26. The molecule has 160 valence electrons. The number of benzene rings is 2. The van der Waals surface area contributed by atoms with E-state index in [0.717, 1.165) is 5.39 Å². The van der Waals surface area contributed by atoms with Crippen molar-refractivity contribution in [2.24, 2.45) is 0 Å². The zero-order chi connectivity index (χ0) is 22.2. The van der Waals surface area contributed by atoms with Crippen molar-refractivity contribution < 1.29 is 28.3 Å². The van der Waals surface area contributed by atoms with Crippen LogP contribution in [0.1, 0.15) is 29.3 Å². The maximum Gasteiger partial charge on any atom is 0.294 e. The van der Waals surface area contributed by atoms with Gasteiger partial charge in [0.2, 0.25) is 5.78 Å². The van der Waals surface area contributed by atoms with Crippen LogP contribution < -0.4 is 9.64 Å². The molecule has 32 heavy (non-hydrogen) atoms. The van der Waals surface area contributed by atoms with Crippen molar-refractivity contribution in [2.75, 3.05) is 11.5 Å². The van der Waals surface area contributed by atoms with Gasteiger partial charge < -0.3 is 18.7 Å². The van der Waals surface area contributed by atoms with E-state index in [4.69, 9.17) is 13.6 Å². The van der Waals surface area contributed by atoms with E-state index in [1.807, 2.05) is 19.1 Å². The van der Waals surface area contributed by atoms with Crippen molar-refractivity contribution in [3.05, 3.63) is 95.8 Å². The largest absolute Gasteiger partial charge is 0.503 e. The quantitative estimate of drug-likeness (QED) is 0.423. The number of carbonyl (C=O) groups is 2. The summed E-state index contributed by atoms with van der Waals surface area (Å²) in [6, 6.07) is 18.0. The maximum absolute atomic E-state index is 13.5. The number of furan rings is 2. The Bertz CT molecular complexity index is 1310. The first-order valence-electron chi connectivity index (χ1n) is 10.1. The lowest BCUT2D eigenvalue weighted by Crippen LogP contribution is -2.30. The minimum Gasteiger partial charge on any atom is -0.503 e. The summed E-state index contributed by atoms with van der Waals surface area (Å²) in [5.41, 5.74) is 0.892. The third-order valence-electron chi connectivity index (χ3n) is 5.32. The molecule has 3 heterocycles. The van der Waals surface area contributed by atoms with Gasteiger partial charge in [-0.25, -0.2) is 0 Å². The number of para-hydroxylation sites is 1. The SMILES string of the molecule is CCOc1cccc(N2C(=O)C(O)=C(C(=O)c3cc4ccccc4o3)C2c2ccco2)c1. The summed E-state index contributed by atoms with van der Waals surface area (Å²) >= 11 is 0. The fourth-order valence-corrected chi connectivity index (χ4v) is 3.94. The van der Waals surface area contributed by atoms with Gasteiger partial charge in [0.15, 0.2) is 11.5 Å². The number of hydrogen-bond acceptors (Lipinski definition) is 6. The third-order valence-corrected chi connectivity index (χ3v) is 5.32. The summed E-state index contributed by atoms with van der Waals surface area (Å²) in [6.45, 7) is 2.31. The third kappa shape index (κ3) is 3.15. The fourth-order valence-electron chi connectivity index (χ4n) is 3.94. The predicted octanol–water partition coefficient (Wildman–Crippen LogP) is 5.21. The van der Waals surface area contributed by atoms with Gasteiger partial charge in [0.1, 0.15) is 23.1 Å². The molecular weight excluding hydrogens is 410 g/mol. The molecule has 4 aromatic rings. The Morgan fingerprint density at radius 3 is 2.69 bits per heavy atom. The Balaban J connectivity index is 1.62. The lowest BCUT2D eigenvalue weighted by atomic mass is 9.99. The highest BCUT2D eigenvalue weighted by Gasteiger charge is 2.46. The van der Waals surface area contributed by atoms with Crippen molar-refractivity contribution in [3.63, 3.8) is 0 Å². The number of aliphatic hydroxyl groups excluding tert-OH is 1. The van der Waals surface area contributed by atoms with E-state index in [1.54, 1.807) is 54.6 Å². The molecule has 7 heteroatoms. The summed E-state index contributed by atoms with van der Waals surface area (Å²) in [6.07, 6.45) is 1.45. The first-order valence-corrected chi connectivity index (χ1v) is 10.1. The summed E-state index contributed by atoms with van der Waals surface area (Å²) < 4.78 is 16.8. The predicted molar refractivity (Wildman–Crippen MR) is 117 cm³/mol. The molecule has 0 fully saturated rings. The highest BCUT2D eigenvalue weighted by Crippen LogP contribution is 2.43. The summed E-state index contributed by atoms with van der Waals surface area (Å²) in [4.78, 5) is 27.9. The van der Waals surface area contributed by atoms with E-state index in [2.05, 4.69) is 0 Å². The molecule has 1 unspecified atom stereocenters. The minimum absolute atomic E-state index is 0.0297. The van der Waals surface area contributed by atoms with Gasteiger partial charge in [0.25, 0.3) is 5.91 Å².